The molecule has 18 heavy (non-hydrogen) atoms. The van der Waals surface area contributed by atoms with Gasteiger partial charge in [0.05, 0.1) is 5.92 Å². The normalized spacial score (nSPS) is 31.4. The average molecular weight is 251 g/mol. The Morgan fingerprint density at radius 2 is 2.11 bits per heavy atom. The minimum Gasteiger partial charge on any atom is -0.357 e. The van der Waals surface area contributed by atoms with Crippen LogP contribution in [0.15, 0.2) is 12.2 Å². The van der Waals surface area contributed by atoms with Gasteiger partial charge in [-0.05, 0) is 25.7 Å². The highest BCUT2D eigenvalue weighted by Gasteiger charge is 2.35. The predicted molar refractivity (Wildman–Crippen MR) is 68.6 cm³/mol. The first-order valence-corrected chi connectivity index (χ1v) is 6.59. The minimum atomic E-state index is -0.304. The molecule has 0 spiro atoms. The van der Waals surface area contributed by atoms with Crippen LogP contribution in [0, 0.1) is 5.92 Å². The Balaban J connectivity index is 2.06. The summed E-state index contributed by atoms with van der Waals surface area (Å²) in [5.74, 6) is -0.160. The van der Waals surface area contributed by atoms with Crippen LogP contribution in [0.3, 0.4) is 0 Å². The molecular weight excluding hydrogens is 230 g/mol. The molecule has 0 bridgehead atoms. The monoisotopic (exact) mass is 251 g/mol. The zero-order chi connectivity index (χ0) is 13.1. The van der Waals surface area contributed by atoms with Crippen molar-refractivity contribution in [1.82, 2.24) is 10.2 Å². The molecule has 3 unspecified atom stereocenters. The molecule has 1 aliphatic carbocycles. The van der Waals surface area contributed by atoms with Crippen molar-refractivity contribution in [2.75, 3.05) is 13.6 Å². The van der Waals surface area contributed by atoms with E-state index in [0.717, 1.165) is 19.3 Å². The zero-order valence-electron chi connectivity index (χ0n) is 10.8. The van der Waals surface area contributed by atoms with Crippen molar-refractivity contribution < 1.29 is 9.59 Å². The first kappa shape index (κ1) is 13.1. The van der Waals surface area contributed by atoms with Gasteiger partial charge in [-0.25, -0.2) is 0 Å². The van der Waals surface area contributed by atoms with E-state index in [1.54, 1.807) is 11.9 Å². The molecule has 0 radical (unpaired) electrons. The molecule has 0 aromatic carbocycles. The summed E-state index contributed by atoms with van der Waals surface area (Å²) in [7, 11) is 1.62. The number of carbonyl (C=O) groups excluding carboxylic acids is 2. The van der Waals surface area contributed by atoms with Gasteiger partial charge < -0.3 is 16.0 Å². The lowest BCUT2D eigenvalue weighted by Gasteiger charge is -2.35. The van der Waals surface area contributed by atoms with Crippen LogP contribution in [0.4, 0.5) is 0 Å². The number of nitrogens with zero attached hydrogens (tertiary/aromatic N) is 1. The Morgan fingerprint density at radius 1 is 1.33 bits per heavy atom. The largest absolute Gasteiger partial charge is 0.357 e. The van der Waals surface area contributed by atoms with Gasteiger partial charge >= 0.3 is 0 Å². The SMILES string of the molecule is CNC(=O)C1CCCCN1C(=O)C1C=CC(N)C1. The highest BCUT2D eigenvalue weighted by atomic mass is 16.2. The summed E-state index contributed by atoms with van der Waals surface area (Å²) in [6, 6.07) is -0.330. The van der Waals surface area contributed by atoms with Gasteiger partial charge in [0.25, 0.3) is 0 Å². The number of nitrogens with two attached hydrogens (primary N) is 1. The van der Waals surface area contributed by atoms with Crippen LogP contribution < -0.4 is 11.1 Å². The van der Waals surface area contributed by atoms with Gasteiger partial charge in [0.2, 0.25) is 11.8 Å². The van der Waals surface area contributed by atoms with Crippen LogP contribution in [0.25, 0.3) is 0 Å². The molecule has 2 aliphatic rings. The summed E-state index contributed by atoms with van der Waals surface area (Å²) in [5, 5.41) is 2.64. The van der Waals surface area contributed by atoms with Crippen LogP contribution in [0.1, 0.15) is 25.7 Å². The van der Waals surface area contributed by atoms with Crippen LogP contribution in [0.5, 0.6) is 0 Å². The molecule has 0 aromatic rings. The molecule has 1 fully saturated rings. The number of piperidine rings is 1. The second-order valence-corrected chi connectivity index (χ2v) is 5.05. The molecule has 5 heteroatoms. The smallest absolute Gasteiger partial charge is 0.242 e. The number of nitrogens with one attached hydrogen (secondary N) is 1. The van der Waals surface area contributed by atoms with Gasteiger partial charge in [-0.2, -0.15) is 0 Å². The summed E-state index contributed by atoms with van der Waals surface area (Å²) < 4.78 is 0. The Bertz CT molecular complexity index is 367. The van der Waals surface area contributed by atoms with E-state index in [4.69, 9.17) is 5.73 Å². The second-order valence-electron chi connectivity index (χ2n) is 5.05. The maximum atomic E-state index is 12.4. The van der Waals surface area contributed by atoms with Gasteiger partial charge in [0.15, 0.2) is 0 Å². The van der Waals surface area contributed by atoms with Gasteiger partial charge in [0.1, 0.15) is 6.04 Å². The predicted octanol–water partition coefficient (Wildman–Crippen LogP) is 0.0169. The molecule has 1 saturated heterocycles. The van der Waals surface area contributed by atoms with E-state index in [0.29, 0.717) is 13.0 Å². The first-order chi connectivity index (χ1) is 8.63. The molecule has 3 atom stereocenters. The lowest BCUT2D eigenvalue weighted by Crippen LogP contribution is -2.52. The molecule has 1 aliphatic heterocycles. The van der Waals surface area contributed by atoms with E-state index < -0.39 is 0 Å². The van der Waals surface area contributed by atoms with Gasteiger partial charge in [-0.3, -0.25) is 9.59 Å². The Hall–Kier alpha value is -1.36. The van der Waals surface area contributed by atoms with Crippen LogP contribution in [0.2, 0.25) is 0 Å². The topological polar surface area (TPSA) is 75.4 Å². The average Bonchev–Trinajstić information content (AvgIpc) is 2.83. The highest BCUT2D eigenvalue weighted by Crippen LogP contribution is 2.24. The highest BCUT2D eigenvalue weighted by molar-refractivity contribution is 5.89. The van der Waals surface area contributed by atoms with Crippen molar-refractivity contribution in [3.8, 4) is 0 Å². The second kappa shape index (κ2) is 5.52. The van der Waals surface area contributed by atoms with Crippen molar-refractivity contribution in [3.63, 3.8) is 0 Å². The van der Waals surface area contributed by atoms with Crippen molar-refractivity contribution in [1.29, 1.82) is 0 Å². The van der Waals surface area contributed by atoms with Gasteiger partial charge in [-0.1, -0.05) is 12.2 Å². The van der Waals surface area contributed by atoms with E-state index in [2.05, 4.69) is 5.32 Å². The van der Waals surface area contributed by atoms with Crippen LogP contribution in [-0.4, -0.2) is 42.4 Å². The third kappa shape index (κ3) is 2.56. The Morgan fingerprint density at radius 3 is 2.72 bits per heavy atom. The summed E-state index contributed by atoms with van der Waals surface area (Å²) in [5.41, 5.74) is 5.78. The minimum absolute atomic E-state index is 0.0257. The summed E-state index contributed by atoms with van der Waals surface area (Å²) >= 11 is 0. The number of hydrogen-bond donors (Lipinski definition) is 2. The van der Waals surface area contributed by atoms with Crippen LogP contribution >= 0.6 is 0 Å². The van der Waals surface area contributed by atoms with Crippen molar-refractivity contribution >= 4 is 11.8 Å². The molecule has 2 rings (SSSR count). The summed E-state index contributed by atoms with van der Waals surface area (Å²) in [4.78, 5) is 26.0. The fraction of sp³-hybridized carbons (Fsp3) is 0.692. The quantitative estimate of drug-likeness (QED) is 0.679. The molecule has 2 amide bonds. The van der Waals surface area contributed by atoms with Crippen LogP contribution in [-0.2, 0) is 9.59 Å². The number of carbonyl (C=O) groups is 2. The fourth-order valence-electron chi connectivity index (χ4n) is 2.76. The molecule has 0 aromatic heterocycles. The van der Waals surface area contributed by atoms with E-state index in [9.17, 15) is 9.59 Å². The van der Waals surface area contributed by atoms with E-state index in [1.807, 2.05) is 12.2 Å². The van der Waals surface area contributed by atoms with Crippen molar-refractivity contribution in [2.45, 2.75) is 37.8 Å². The fourth-order valence-corrected chi connectivity index (χ4v) is 2.76. The molecule has 5 nitrogen and oxygen atoms in total. The molecular formula is C13H21N3O2. The molecule has 0 saturated carbocycles. The lowest BCUT2D eigenvalue weighted by atomic mass is 9.98. The molecule has 1 heterocycles. The van der Waals surface area contributed by atoms with Gasteiger partial charge in [0, 0.05) is 19.6 Å². The van der Waals surface area contributed by atoms with Gasteiger partial charge in [-0.15, -0.1) is 0 Å². The number of hydrogen-bond acceptors (Lipinski definition) is 3. The maximum absolute atomic E-state index is 12.4. The third-order valence-electron chi connectivity index (χ3n) is 3.77. The zero-order valence-corrected chi connectivity index (χ0v) is 10.8. The standard InChI is InChI=1S/C13H21N3O2/c1-15-12(17)11-4-2-3-7-16(11)13(18)9-5-6-10(14)8-9/h5-6,9-11H,2-4,7-8,14H2,1H3,(H,15,17). The maximum Gasteiger partial charge on any atom is 0.242 e. The van der Waals surface area contributed by atoms with E-state index in [-0.39, 0.29) is 29.8 Å². The Labute approximate surface area is 107 Å². The Kier molecular flexibility index (Phi) is 4.01. The lowest BCUT2D eigenvalue weighted by molar-refractivity contribution is -0.144. The number of rotatable bonds is 2. The van der Waals surface area contributed by atoms with E-state index in [1.165, 1.54) is 0 Å². The first-order valence-electron chi connectivity index (χ1n) is 6.59. The van der Waals surface area contributed by atoms with Crippen molar-refractivity contribution in [2.24, 2.45) is 11.7 Å². The molecule has 3 N–H and O–H groups in total. The van der Waals surface area contributed by atoms with E-state index >= 15 is 0 Å². The van der Waals surface area contributed by atoms with Crippen molar-refractivity contribution in [3.05, 3.63) is 12.2 Å². The summed E-state index contributed by atoms with van der Waals surface area (Å²) in [6.45, 7) is 0.677. The number of amides is 2. The summed E-state index contributed by atoms with van der Waals surface area (Å²) in [6.07, 6.45) is 7.15. The number of likely N-dealkylation sites (N-methyl/N-ethyl adjacent to an activating group) is 1. The third-order valence-corrected chi connectivity index (χ3v) is 3.77. The number of likely N-dealkylation sites (tertiary alicyclic amines) is 1. The molecule has 100 valence electrons.